The van der Waals surface area contributed by atoms with Crippen molar-refractivity contribution in [1.82, 2.24) is 4.90 Å². The first-order valence-electron chi connectivity index (χ1n) is 9.52. The molecule has 3 N–H and O–H groups in total. The van der Waals surface area contributed by atoms with Gasteiger partial charge in [0.25, 0.3) is 0 Å². The molecule has 4 nitrogen and oxygen atoms in total. The fourth-order valence-electron chi connectivity index (χ4n) is 3.23. The second kappa shape index (κ2) is 8.86. The Kier molecular flexibility index (Phi) is 6.29. The molecule has 0 aliphatic carbocycles. The monoisotopic (exact) mass is 350 g/mol. The average molecular weight is 351 g/mol. The summed E-state index contributed by atoms with van der Waals surface area (Å²) in [4.78, 5) is 6.99. The van der Waals surface area contributed by atoms with Gasteiger partial charge in [0, 0.05) is 12.2 Å². The van der Waals surface area contributed by atoms with Gasteiger partial charge in [-0.05, 0) is 62.0 Å². The maximum atomic E-state index is 5.99. The highest BCUT2D eigenvalue weighted by atomic mass is 15.1. The van der Waals surface area contributed by atoms with Gasteiger partial charge >= 0.3 is 0 Å². The number of nitrogens with zero attached hydrogens (tertiary/aromatic N) is 2. The zero-order valence-corrected chi connectivity index (χ0v) is 15.9. The van der Waals surface area contributed by atoms with Crippen molar-refractivity contribution in [2.75, 3.05) is 18.4 Å². The molecule has 1 saturated heterocycles. The lowest BCUT2D eigenvalue weighted by Gasteiger charge is -2.30. The van der Waals surface area contributed by atoms with E-state index in [4.69, 9.17) is 5.73 Å². The van der Waals surface area contributed by atoms with Crippen LogP contribution in [0.1, 0.15) is 36.5 Å². The highest BCUT2D eigenvalue weighted by molar-refractivity contribution is 5.92. The molecule has 0 atom stereocenters. The van der Waals surface area contributed by atoms with Gasteiger partial charge in [0.1, 0.15) is 0 Å². The van der Waals surface area contributed by atoms with Crippen molar-refractivity contribution in [2.45, 2.75) is 39.8 Å². The Balaban J connectivity index is 1.49. The third-order valence-electron chi connectivity index (χ3n) is 5.06. The van der Waals surface area contributed by atoms with Gasteiger partial charge < -0.3 is 11.1 Å². The Morgan fingerprint density at radius 1 is 1.04 bits per heavy atom. The van der Waals surface area contributed by atoms with Crippen molar-refractivity contribution < 1.29 is 0 Å². The quantitative estimate of drug-likeness (QED) is 0.629. The van der Waals surface area contributed by atoms with Crippen molar-refractivity contribution in [3.8, 4) is 0 Å². The molecule has 1 heterocycles. The van der Waals surface area contributed by atoms with E-state index >= 15 is 0 Å². The summed E-state index contributed by atoms with van der Waals surface area (Å²) in [5, 5.41) is 3.13. The number of nitrogens with one attached hydrogen (secondary N) is 1. The van der Waals surface area contributed by atoms with E-state index in [9.17, 15) is 0 Å². The Labute approximate surface area is 157 Å². The summed E-state index contributed by atoms with van der Waals surface area (Å²) < 4.78 is 0. The summed E-state index contributed by atoms with van der Waals surface area (Å²) in [7, 11) is 0. The summed E-state index contributed by atoms with van der Waals surface area (Å²) in [6.07, 6.45) is 2.64. The lowest BCUT2D eigenvalue weighted by Crippen LogP contribution is -2.32. The number of guanidine groups is 1. The van der Waals surface area contributed by atoms with Gasteiger partial charge in [-0.3, -0.25) is 4.90 Å². The van der Waals surface area contributed by atoms with Gasteiger partial charge in [-0.25, -0.2) is 4.99 Å². The van der Waals surface area contributed by atoms with Crippen molar-refractivity contribution >= 4 is 11.6 Å². The second-order valence-electron chi connectivity index (χ2n) is 7.47. The smallest absolute Gasteiger partial charge is 0.193 e. The molecule has 0 saturated carbocycles. The lowest BCUT2D eigenvalue weighted by atomic mass is 9.99. The Hall–Kier alpha value is -2.33. The minimum absolute atomic E-state index is 0.445. The number of aliphatic imine (C=N–C) groups is 1. The van der Waals surface area contributed by atoms with Crippen LogP contribution in [-0.2, 0) is 13.1 Å². The summed E-state index contributed by atoms with van der Waals surface area (Å²) >= 11 is 0. The van der Waals surface area contributed by atoms with Crippen LogP contribution >= 0.6 is 0 Å². The second-order valence-corrected chi connectivity index (χ2v) is 7.47. The third kappa shape index (κ3) is 5.60. The standard InChI is InChI=1S/C22H30N4/c1-17-3-9-21(10-4-17)25-22(23)24-15-19-5-7-20(8-6-19)16-26-13-11-18(2)12-14-26/h3-10,18H,11-16H2,1-2H3,(H3,23,24,25). The van der Waals surface area contributed by atoms with E-state index in [1.165, 1.54) is 42.6 Å². The number of hydrogen-bond donors (Lipinski definition) is 2. The number of nitrogens with two attached hydrogens (primary N) is 1. The summed E-state index contributed by atoms with van der Waals surface area (Å²) in [6, 6.07) is 16.9. The van der Waals surface area contributed by atoms with Crippen molar-refractivity contribution in [1.29, 1.82) is 0 Å². The molecule has 0 amide bonds. The summed E-state index contributed by atoms with van der Waals surface area (Å²) in [5.41, 5.74) is 10.7. The zero-order chi connectivity index (χ0) is 18.4. The maximum absolute atomic E-state index is 5.99. The molecule has 1 aliphatic rings. The van der Waals surface area contributed by atoms with Gasteiger partial charge in [0.2, 0.25) is 0 Å². The molecule has 0 bridgehead atoms. The van der Waals surface area contributed by atoms with Crippen LogP contribution in [0.2, 0.25) is 0 Å². The molecule has 3 rings (SSSR count). The SMILES string of the molecule is Cc1ccc(NC(N)=NCc2ccc(CN3CCC(C)CC3)cc2)cc1. The molecule has 26 heavy (non-hydrogen) atoms. The minimum Gasteiger partial charge on any atom is -0.370 e. The van der Waals surface area contributed by atoms with Gasteiger partial charge in [0.15, 0.2) is 5.96 Å². The predicted octanol–water partition coefficient (Wildman–Crippen LogP) is 4.15. The fourth-order valence-corrected chi connectivity index (χ4v) is 3.23. The molecule has 1 fully saturated rings. The summed E-state index contributed by atoms with van der Waals surface area (Å²) in [6.45, 7) is 8.49. The number of piperidine rings is 1. The molecule has 2 aromatic carbocycles. The van der Waals surface area contributed by atoms with Crippen molar-refractivity contribution in [3.63, 3.8) is 0 Å². The Morgan fingerprint density at radius 3 is 2.31 bits per heavy atom. The molecule has 1 aliphatic heterocycles. The average Bonchev–Trinajstić information content (AvgIpc) is 2.65. The van der Waals surface area contributed by atoms with Crippen LogP contribution in [0.15, 0.2) is 53.5 Å². The first-order valence-corrected chi connectivity index (χ1v) is 9.52. The number of anilines is 1. The molecule has 2 aromatic rings. The lowest BCUT2D eigenvalue weighted by molar-refractivity contribution is 0.185. The number of likely N-dealkylation sites (tertiary alicyclic amines) is 1. The number of benzene rings is 2. The number of aryl methyl sites for hydroxylation is 1. The largest absolute Gasteiger partial charge is 0.370 e. The van der Waals surface area contributed by atoms with Crippen LogP contribution in [-0.4, -0.2) is 23.9 Å². The molecule has 0 radical (unpaired) electrons. The number of hydrogen-bond acceptors (Lipinski definition) is 2. The maximum Gasteiger partial charge on any atom is 0.193 e. The summed E-state index contributed by atoms with van der Waals surface area (Å²) in [5.74, 6) is 1.32. The van der Waals surface area contributed by atoms with Crippen LogP contribution in [0.25, 0.3) is 0 Å². The molecule has 138 valence electrons. The van der Waals surface area contributed by atoms with E-state index in [0.717, 1.165) is 18.2 Å². The van der Waals surface area contributed by atoms with Gasteiger partial charge in [0.05, 0.1) is 6.54 Å². The van der Waals surface area contributed by atoms with Gasteiger partial charge in [-0.15, -0.1) is 0 Å². The van der Waals surface area contributed by atoms with Gasteiger partial charge in [-0.2, -0.15) is 0 Å². The van der Waals surface area contributed by atoms with E-state index in [0.29, 0.717) is 12.5 Å². The Morgan fingerprint density at radius 2 is 1.65 bits per heavy atom. The third-order valence-corrected chi connectivity index (χ3v) is 5.06. The van der Waals surface area contributed by atoms with Crippen LogP contribution in [0.4, 0.5) is 5.69 Å². The highest BCUT2D eigenvalue weighted by Gasteiger charge is 2.15. The zero-order valence-electron chi connectivity index (χ0n) is 15.9. The first kappa shape index (κ1) is 18.5. The normalized spacial score (nSPS) is 16.6. The van der Waals surface area contributed by atoms with E-state index in [2.05, 4.69) is 65.5 Å². The first-order chi connectivity index (χ1) is 12.6. The molecular weight excluding hydrogens is 320 g/mol. The number of rotatable bonds is 5. The van der Waals surface area contributed by atoms with Gasteiger partial charge in [-0.1, -0.05) is 48.9 Å². The molecule has 0 unspecified atom stereocenters. The molecule has 0 aromatic heterocycles. The van der Waals surface area contributed by atoms with Crippen LogP contribution in [0.5, 0.6) is 0 Å². The van der Waals surface area contributed by atoms with E-state index in [1.54, 1.807) is 0 Å². The molecule has 4 heteroatoms. The van der Waals surface area contributed by atoms with Crippen molar-refractivity contribution in [3.05, 3.63) is 65.2 Å². The van der Waals surface area contributed by atoms with E-state index in [1.807, 2.05) is 12.1 Å². The Bertz CT molecular complexity index is 711. The minimum atomic E-state index is 0.445. The van der Waals surface area contributed by atoms with E-state index in [-0.39, 0.29) is 0 Å². The van der Waals surface area contributed by atoms with Crippen LogP contribution < -0.4 is 11.1 Å². The molecular formula is C22H30N4. The van der Waals surface area contributed by atoms with E-state index < -0.39 is 0 Å². The fraction of sp³-hybridized carbons (Fsp3) is 0.409. The van der Waals surface area contributed by atoms with Crippen molar-refractivity contribution in [2.24, 2.45) is 16.6 Å². The highest BCUT2D eigenvalue weighted by Crippen LogP contribution is 2.18. The predicted molar refractivity (Wildman–Crippen MR) is 110 cm³/mol. The van der Waals surface area contributed by atoms with Crippen LogP contribution in [0.3, 0.4) is 0 Å². The molecule has 0 spiro atoms. The topological polar surface area (TPSA) is 53.6 Å². The van der Waals surface area contributed by atoms with Crippen LogP contribution in [0, 0.1) is 12.8 Å².